The van der Waals surface area contributed by atoms with Crippen LogP contribution in [0.4, 0.5) is 0 Å². The molecule has 4 nitrogen and oxygen atoms in total. The Kier molecular flexibility index (Phi) is 6.18. The van der Waals surface area contributed by atoms with Crippen molar-refractivity contribution in [3.05, 3.63) is 35.4 Å². The molecular formula is C17H28N2O2. The number of nitrogens with zero attached hydrogens (tertiary/aromatic N) is 1. The fourth-order valence-electron chi connectivity index (χ4n) is 3.10. The van der Waals surface area contributed by atoms with Gasteiger partial charge in [-0.2, -0.15) is 0 Å². The van der Waals surface area contributed by atoms with Crippen LogP contribution in [0.5, 0.6) is 0 Å². The van der Waals surface area contributed by atoms with Crippen LogP contribution < -0.4 is 5.32 Å². The number of aryl methyl sites for hydroxylation is 1. The average Bonchev–Trinajstić information content (AvgIpc) is 2.89. The van der Waals surface area contributed by atoms with Crippen molar-refractivity contribution in [2.24, 2.45) is 0 Å². The van der Waals surface area contributed by atoms with Crippen molar-refractivity contribution in [3.8, 4) is 0 Å². The molecule has 118 valence electrons. The SMILES string of the molecule is CCNC(CN1CC(OC)C(OC)C1)c1cccc(C)c1. The second-order valence-electron chi connectivity index (χ2n) is 5.79. The summed E-state index contributed by atoms with van der Waals surface area (Å²) in [4.78, 5) is 2.43. The van der Waals surface area contributed by atoms with Crippen LogP contribution in [0.2, 0.25) is 0 Å². The summed E-state index contributed by atoms with van der Waals surface area (Å²) in [7, 11) is 3.53. The molecule has 3 atom stereocenters. The van der Waals surface area contributed by atoms with Gasteiger partial charge in [-0.25, -0.2) is 0 Å². The summed E-state index contributed by atoms with van der Waals surface area (Å²) < 4.78 is 11.0. The molecule has 4 heteroatoms. The van der Waals surface area contributed by atoms with E-state index < -0.39 is 0 Å². The van der Waals surface area contributed by atoms with E-state index in [1.807, 2.05) is 0 Å². The molecule has 0 radical (unpaired) electrons. The van der Waals surface area contributed by atoms with Gasteiger partial charge in [0.15, 0.2) is 0 Å². The number of nitrogens with one attached hydrogen (secondary N) is 1. The highest BCUT2D eigenvalue weighted by Gasteiger charge is 2.33. The highest BCUT2D eigenvalue weighted by molar-refractivity contribution is 5.25. The number of ether oxygens (including phenoxy) is 2. The third kappa shape index (κ3) is 4.27. The fraction of sp³-hybridized carbons (Fsp3) is 0.647. The van der Waals surface area contributed by atoms with Crippen LogP contribution in [0.1, 0.15) is 24.1 Å². The predicted octanol–water partition coefficient (Wildman–Crippen LogP) is 1.99. The van der Waals surface area contributed by atoms with Gasteiger partial charge in [-0.05, 0) is 19.0 Å². The van der Waals surface area contributed by atoms with Gasteiger partial charge in [0.1, 0.15) is 0 Å². The Balaban J connectivity index is 2.03. The number of rotatable bonds is 7. The van der Waals surface area contributed by atoms with E-state index in [2.05, 4.69) is 48.3 Å². The Morgan fingerprint density at radius 3 is 2.43 bits per heavy atom. The van der Waals surface area contributed by atoms with Crippen LogP contribution in [0, 0.1) is 6.92 Å². The molecule has 1 heterocycles. The van der Waals surface area contributed by atoms with Gasteiger partial charge in [0.25, 0.3) is 0 Å². The highest BCUT2D eigenvalue weighted by Crippen LogP contribution is 2.21. The van der Waals surface area contributed by atoms with E-state index in [0.29, 0.717) is 6.04 Å². The van der Waals surface area contributed by atoms with E-state index in [9.17, 15) is 0 Å². The Bertz CT molecular complexity index is 427. The maximum atomic E-state index is 5.52. The molecule has 0 spiro atoms. The molecule has 0 amide bonds. The summed E-state index contributed by atoms with van der Waals surface area (Å²) in [5.74, 6) is 0. The molecule has 1 fully saturated rings. The Morgan fingerprint density at radius 1 is 1.24 bits per heavy atom. The van der Waals surface area contributed by atoms with E-state index in [4.69, 9.17) is 9.47 Å². The first-order valence-electron chi connectivity index (χ1n) is 7.75. The van der Waals surface area contributed by atoms with Crippen LogP contribution in [-0.4, -0.2) is 57.5 Å². The zero-order chi connectivity index (χ0) is 15.2. The molecule has 1 aromatic carbocycles. The van der Waals surface area contributed by atoms with Crippen LogP contribution >= 0.6 is 0 Å². The molecule has 3 unspecified atom stereocenters. The van der Waals surface area contributed by atoms with Gasteiger partial charge in [0, 0.05) is 39.9 Å². The molecular weight excluding hydrogens is 264 g/mol. The van der Waals surface area contributed by atoms with Crippen molar-refractivity contribution in [1.29, 1.82) is 0 Å². The monoisotopic (exact) mass is 292 g/mol. The van der Waals surface area contributed by atoms with E-state index in [-0.39, 0.29) is 12.2 Å². The normalized spacial score (nSPS) is 24.4. The molecule has 0 aromatic heterocycles. The van der Waals surface area contributed by atoms with Gasteiger partial charge < -0.3 is 14.8 Å². The minimum atomic E-state index is 0.176. The number of hydrogen-bond donors (Lipinski definition) is 1. The van der Waals surface area contributed by atoms with Crippen LogP contribution in [0.25, 0.3) is 0 Å². The van der Waals surface area contributed by atoms with E-state index in [0.717, 1.165) is 26.2 Å². The van der Waals surface area contributed by atoms with Gasteiger partial charge in [-0.3, -0.25) is 4.90 Å². The van der Waals surface area contributed by atoms with Gasteiger partial charge in [0.2, 0.25) is 0 Å². The van der Waals surface area contributed by atoms with Crippen molar-refractivity contribution in [1.82, 2.24) is 10.2 Å². The molecule has 0 bridgehead atoms. The first kappa shape index (κ1) is 16.4. The minimum Gasteiger partial charge on any atom is -0.377 e. The topological polar surface area (TPSA) is 33.7 Å². The lowest BCUT2D eigenvalue weighted by atomic mass is 10.0. The Morgan fingerprint density at radius 2 is 1.90 bits per heavy atom. The number of likely N-dealkylation sites (tertiary alicyclic amines) is 1. The van der Waals surface area contributed by atoms with Gasteiger partial charge >= 0.3 is 0 Å². The lowest BCUT2D eigenvalue weighted by molar-refractivity contribution is -0.00461. The van der Waals surface area contributed by atoms with E-state index >= 15 is 0 Å². The summed E-state index contributed by atoms with van der Waals surface area (Å²) in [6.07, 6.45) is 0.351. The van der Waals surface area contributed by atoms with Crippen molar-refractivity contribution < 1.29 is 9.47 Å². The number of likely N-dealkylation sites (N-methyl/N-ethyl adjacent to an activating group) is 1. The van der Waals surface area contributed by atoms with E-state index in [1.165, 1.54) is 11.1 Å². The maximum absolute atomic E-state index is 5.52. The lowest BCUT2D eigenvalue weighted by Gasteiger charge is -2.25. The zero-order valence-electron chi connectivity index (χ0n) is 13.6. The summed E-state index contributed by atoms with van der Waals surface area (Å²) >= 11 is 0. The lowest BCUT2D eigenvalue weighted by Crippen LogP contribution is -2.34. The van der Waals surface area contributed by atoms with Gasteiger partial charge in [0.05, 0.1) is 12.2 Å². The van der Waals surface area contributed by atoms with Crippen molar-refractivity contribution in [3.63, 3.8) is 0 Å². The first-order valence-corrected chi connectivity index (χ1v) is 7.75. The molecule has 1 aliphatic rings. The van der Waals surface area contributed by atoms with Gasteiger partial charge in [-0.1, -0.05) is 36.8 Å². The second kappa shape index (κ2) is 7.90. The zero-order valence-corrected chi connectivity index (χ0v) is 13.6. The van der Waals surface area contributed by atoms with Crippen LogP contribution in [0.3, 0.4) is 0 Å². The second-order valence-corrected chi connectivity index (χ2v) is 5.79. The fourth-order valence-corrected chi connectivity index (χ4v) is 3.10. The molecule has 1 saturated heterocycles. The van der Waals surface area contributed by atoms with Crippen LogP contribution in [-0.2, 0) is 9.47 Å². The third-order valence-electron chi connectivity index (χ3n) is 4.23. The number of benzene rings is 1. The average molecular weight is 292 g/mol. The smallest absolute Gasteiger partial charge is 0.0971 e. The summed E-state index contributed by atoms with van der Waals surface area (Å²) in [6.45, 7) is 8.11. The summed E-state index contributed by atoms with van der Waals surface area (Å²) in [5.41, 5.74) is 2.66. The molecule has 0 aliphatic carbocycles. The summed E-state index contributed by atoms with van der Waals surface area (Å²) in [5, 5.41) is 3.60. The minimum absolute atomic E-state index is 0.176. The van der Waals surface area contributed by atoms with Crippen molar-refractivity contribution >= 4 is 0 Å². The molecule has 1 N–H and O–H groups in total. The largest absolute Gasteiger partial charge is 0.377 e. The van der Waals surface area contributed by atoms with E-state index in [1.54, 1.807) is 14.2 Å². The summed E-state index contributed by atoms with van der Waals surface area (Å²) in [6, 6.07) is 9.10. The van der Waals surface area contributed by atoms with Crippen molar-refractivity contribution in [2.75, 3.05) is 40.4 Å². The Hall–Kier alpha value is -0.940. The maximum Gasteiger partial charge on any atom is 0.0971 e. The molecule has 2 rings (SSSR count). The molecule has 1 aromatic rings. The molecule has 0 saturated carbocycles. The highest BCUT2D eigenvalue weighted by atomic mass is 16.5. The number of methoxy groups -OCH3 is 2. The quantitative estimate of drug-likeness (QED) is 0.833. The molecule has 21 heavy (non-hydrogen) atoms. The number of hydrogen-bond acceptors (Lipinski definition) is 4. The van der Waals surface area contributed by atoms with Crippen molar-refractivity contribution in [2.45, 2.75) is 32.1 Å². The predicted molar refractivity (Wildman–Crippen MR) is 85.6 cm³/mol. The third-order valence-corrected chi connectivity index (χ3v) is 4.23. The Labute approximate surface area is 128 Å². The van der Waals surface area contributed by atoms with Gasteiger partial charge in [-0.15, -0.1) is 0 Å². The first-order chi connectivity index (χ1) is 10.2. The van der Waals surface area contributed by atoms with Crippen LogP contribution in [0.15, 0.2) is 24.3 Å². The standard InChI is InChI=1S/C17H28N2O2/c1-5-18-15(14-8-6-7-13(2)9-14)10-19-11-16(20-3)17(12-19)21-4/h6-9,15-18H,5,10-12H2,1-4H3. The molecule has 1 aliphatic heterocycles.